The number of unbranched alkanes of at least 4 members (excludes halogenated alkanes) is 4. The molecule has 38 heavy (non-hydrogen) atoms. The molecule has 0 aromatic heterocycles. The first kappa shape index (κ1) is 29.4. The summed E-state index contributed by atoms with van der Waals surface area (Å²) in [6.45, 7) is 9.80. The van der Waals surface area contributed by atoms with Gasteiger partial charge in [-0.3, -0.25) is 14.4 Å². The molecule has 1 aliphatic heterocycles. The lowest BCUT2D eigenvalue weighted by molar-refractivity contribution is -0.159. The molecule has 6 nitrogen and oxygen atoms in total. The molecular formula is C32H45N3O3. The molecule has 2 atom stereocenters. The van der Waals surface area contributed by atoms with E-state index in [1.165, 1.54) is 0 Å². The quantitative estimate of drug-likeness (QED) is 0.320. The summed E-state index contributed by atoms with van der Waals surface area (Å²) >= 11 is 0. The van der Waals surface area contributed by atoms with Crippen LogP contribution in [0.2, 0.25) is 0 Å². The van der Waals surface area contributed by atoms with Crippen LogP contribution in [0.5, 0.6) is 0 Å². The van der Waals surface area contributed by atoms with Gasteiger partial charge in [-0.25, -0.2) is 0 Å². The van der Waals surface area contributed by atoms with Crippen molar-refractivity contribution < 1.29 is 14.4 Å². The first-order valence-corrected chi connectivity index (χ1v) is 14.3. The largest absolute Gasteiger partial charge is 0.339 e. The fourth-order valence-corrected chi connectivity index (χ4v) is 5.19. The molecule has 0 unspecified atom stereocenters. The Hall–Kier alpha value is -3.15. The summed E-state index contributed by atoms with van der Waals surface area (Å²) in [5.41, 5.74) is 4.33. The number of carbonyl (C=O) groups is 3. The molecule has 0 aliphatic carbocycles. The van der Waals surface area contributed by atoms with E-state index in [0.717, 1.165) is 67.3 Å². The topological polar surface area (TPSA) is 60.9 Å². The van der Waals surface area contributed by atoms with Crippen LogP contribution in [0.3, 0.4) is 0 Å². The average molecular weight is 520 g/mol. The third kappa shape index (κ3) is 7.46. The van der Waals surface area contributed by atoms with E-state index in [9.17, 15) is 14.4 Å². The molecule has 1 fully saturated rings. The molecule has 3 amide bonds. The number of benzene rings is 2. The predicted molar refractivity (Wildman–Crippen MR) is 153 cm³/mol. The highest BCUT2D eigenvalue weighted by molar-refractivity contribution is 5.96. The number of hydrogen-bond acceptors (Lipinski definition) is 3. The lowest BCUT2D eigenvalue weighted by Gasteiger charge is -2.42. The van der Waals surface area contributed by atoms with Gasteiger partial charge in [0, 0.05) is 40.0 Å². The van der Waals surface area contributed by atoms with Crippen LogP contribution >= 0.6 is 0 Å². The van der Waals surface area contributed by atoms with E-state index in [0.29, 0.717) is 19.5 Å². The second-order valence-electron chi connectivity index (χ2n) is 10.6. The van der Waals surface area contributed by atoms with Crippen LogP contribution < -0.4 is 0 Å². The molecule has 0 radical (unpaired) electrons. The summed E-state index contributed by atoms with van der Waals surface area (Å²) in [7, 11) is 1.75. The summed E-state index contributed by atoms with van der Waals surface area (Å²) in [5, 5.41) is 0. The van der Waals surface area contributed by atoms with Crippen LogP contribution in [0.25, 0.3) is 11.1 Å². The van der Waals surface area contributed by atoms with Gasteiger partial charge < -0.3 is 14.7 Å². The summed E-state index contributed by atoms with van der Waals surface area (Å²) < 4.78 is 0. The number of amides is 3. The number of nitrogens with zero attached hydrogens (tertiary/aromatic N) is 3. The van der Waals surface area contributed by atoms with Gasteiger partial charge in [0.25, 0.3) is 0 Å². The fraction of sp³-hybridized carbons (Fsp3) is 0.531. The van der Waals surface area contributed by atoms with Crippen molar-refractivity contribution in [3.63, 3.8) is 0 Å². The zero-order valence-corrected chi connectivity index (χ0v) is 23.9. The molecule has 2 aromatic rings. The maximum absolute atomic E-state index is 13.4. The zero-order chi connectivity index (χ0) is 27.7. The summed E-state index contributed by atoms with van der Waals surface area (Å²) in [4.78, 5) is 43.7. The molecule has 1 saturated heterocycles. The molecule has 0 saturated carbocycles. The first-order valence-electron chi connectivity index (χ1n) is 14.3. The van der Waals surface area contributed by atoms with Gasteiger partial charge in [-0.15, -0.1) is 0 Å². The highest BCUT2D eigenvalue weighted by Crippen LogP contribution is 2.25. The SMILES string of the molecule is CCCCCCN1C(=O)[C@H](Cc2ccc(-c3cccc(CN(CCCC)C(C)=O)c3)cc2)N(C)C(=O)[C@@H]1C. The van der Waals surface area contributed by atoms with Crippen molar-refractivity contribution >= 4 is 17.7 Å². The zero-order valence-electron chi connectivity index (χ0n) is 23.9. The normalized spacial score (nSPS) is 17.7. The number of rotatable bonds is 13. The summed E-state index contributed by atoms with van der Waals surface area (Å²) in [6.07, 6.45) is 6.87. The Kier molecular flexibility index (Phi) is 10.9. The second kappa shape index (κ2) is 14.1. The number of piperazine rings is 1. The smallest absolute Gasteiger partial charge is 0.246 e. The van der Waals surface area contributed by atoms with E-state index in [2.05, 4.69) is 56.3 Å². The van der Waals surface area contributed by atoms with Crippen LogP contribution in [0.4, 0.5) is 0 Å². The van der Waals surface area contributed by atoms with Gasteiger partial charge in [-0.05, 0) is 48.1 Å². The molecule has 0 N–H and O–H groups in total. The van der Waals surface area contributed by atoms with Gasteiger partial charge >= 0.3 is 0 Å². The van der Waals surface area contributed by atoms with Gasteiger partial charge in [0.1, 0.15) is 12.1 Å². The van der Waals surface area contributed by atoms with Crippen molar-refractivity contribution in [3.8, 4) is 11.1 Å². The van der Waals surface area contributed by atoms with Crippen molar-refractivity contribution in [3.05, 3.63) is 59.7 Å². The molecule has 1 heterocycles. The summed E-state index contributed by atoms with van der Waals surface area (Å²) in [5.74, 6) is 0.158. The van der Waals surface area contributed by atoms with Crippen molar-refractivity contribution in [2.75, 3.05) is 20.1 Å². The molecule has 6 heteroatoms. The Morgan fingerprint density at radius 1 is 0.868 bits per heavy atom. The predicted octanol–water partition coefficient (Wildman–Crippen LogP) is 5.68. The van der Waals surface area contributed by atoms with E-state index >= 15 is 0 Å². The van der Waals surface area contributed by atoms with Gasteiger partial charge in [0.05, 0.1) is 0 Å². The van der Waals surface area contributed by atoms with Crippen LogP contribution in [-0.4, -0.2) is 64.6 Å². The minimum atomic E-state index is -0.472. The van der Waals surface area contributed by atoms with Crippen molar-refractivity contribution in [1.82, 2.24) is 14.7 Å². The second-order valence-corrected chi connectivity index (χ2v) is 10.6. The Morgan fingerprint density at radius 2 is 1.58 bits per heavy atom. The standard InChI is InChI=1S/C32H45N3O3/c1-6-8-10-11-20-35-24(3)31(37)33(5)30(32(35)38)22-26-15-17-28(18-16-26)29-14-12-13-27(21-29)23-34(25(4)36)19-9-7-2/h12-18,21,24,30H,6-11,19-20,22-23H2,1-5H3/t24-,30-/m0/s1. The van der Waals surface area contributed by atoms with Crippen LogP contribution in [0.1, 0.15) is 77.3 Å². The van der Waals surface area contributed by atoms with E-state index in [1.54, 1.807) is 23.8 Å². The Labute approximate surface area is 229 Å². The minimum absolute atomic E-state index is 0.0112. The lowest BCUT2D eigenvalue weighted by Crippen LogP contribution is -2.63. The molecule has 2 aromatic carbocycles. The van der Waals surface area contributed by atoms with Crippen LogP contribution in [0.15, 0.2) is 48.5 Å². The number of likely N-dealkylation sites (N-methyl/N-ethyl adjacent to an activating group) is 1. The number of hydrogen-bond donors (Lipinski definition) is 0. The molecular weight excluding hydrogens is 474 g/mol. The van der Waals surface area contributed by atoms with E-state index in [4.69, 9.17) is 0 Å². The number of carbonyl (C=O) groups excluding carboxylic acids is 3. The highest BCUT2D eigenvalue weighted by atomic mass is 16.2. The van der Waals surface area contributed by atoms with Gasteiger partial charge in [0.15, 0.2) is 0 Å². The Bertz CT molecular complexity index is 1080. The average Bonchev–Trinajstić information content (AvgIpc) is 2.92. The monoisotopic (exact) mass is 519 g/mol. The van der Waals surface area contributed by atoms with E-state index in [1.807, 2.05) is 17.9 Å². The highest BCUT2D eigenvalue weighted by Gasteiger charge is 2.41. The third-order valence-corrected chi connectivity index (χ3v) is 7.70. The molecule has 0 spiro atoms. The molecule has 3 rings (SSSR count). The van der Waals surface area contributed by atoms with E-state index < -0.39 is 12.1 Å². The fourth-order valence-electron chi connectivity index (χ4n) is 5.19. The maximum atomic E-state index is 13.4. The summed E-state index contributed by atoms with van der Waals surface area (Å²) in [6, 6.07) is 15.7. The van der Waals surface area contributed by atoms with Gasteiger partial charge in [-0.2, -0.15) is 0 Å². The lowest BCUT2D eigenvalue weighted by atomic mass is 9.96. The van der Waals surface area contributed by atoms with Crippen LogP contribution in [0, 0.1) is 0 Å². The first-order chi connectivity index (χ1) is 18.3. The Morgan fingerprint density at radius 3 is 2.24 bits per heavy atom. The van der Waals surface area contributed by atoms with Crippen molar-refractivity contribution in [2.24, 2.45) is 0 Å². The van der Waals surface area contributed by atoms with Crippen molar-refractivity contribution in [2.45, 2.75) is 91.3 Å². The molecule has 206 valence electrons. The molecule has 0 bridgehead atoms. The third-order valence-electron chi connectivity index (χ3n) is 7.70. The van der Waals surface area contributed by atoms with Gasteiger partial charge in [-0.1, -0.05) is 82.0 Å². The minimum Gasteiger partial charge on any atom is -0.339 e. The Balaban J connectivity index is 1.70. The van der Waals surface area contributed by atoms with Crippen LogP contribution in [-0.2, 0) is 27.3 Å². The maximum Gasteiger partial charge on any atom is 0.246 e. The molecule has 1 aliphatic rings. The van der Waals surface area contributed by atoms with Crippen molar-refractivity contribution in [1.29, 1.82) is 0 Å². The van der Waals surface area contributed by atoms with E-state index in [-0.39, 0.29) is 17.7 Å². The van der Waals surface area contributed by atoms with Gasteiger partial charge in [0.2, 0.25) is 17.7 Å².